The van der Waals surface area contributed by atoms with Crippen molar-refractivity contribution in [2.24, 2.45) is 5.92 Å². The Morgan fingerprint density at radius 1 is 1.00 bits per heavy atom. The number of benzene rings is 1. The molecule has 0 radical (unpaired) electrons. The molecule has 1 aromatic carbocycles. The van der Waals surface area contributed by atoms with Crippen molar-refractivity contribution >= 4 is 5.69 Å². The number of hydrogen-bond donors (Lipinski definition) is 1. The molecule has 0 bridgehead atoms. The van der Waals surface area contributed by atoms with Crippen LogP contribution in [0.25, 0.3) is 0 Å². The number of piperazine rings is 1. The van der Waals surface area contributed by atoms with E-state index < -0.39 is 0 Å². The van der Waals surface area contributed by atoms with Gasteiger partial charge in [0.15, 0.2) is 0 Å². The van der Waals surface area contributed by atoms with Crippen LogP contribution in [0, 0.1) is 5.92 Å². The van der Waals surface area contributed by atoms with Crippen LogP contribution < -0.4 is 10.2 Å². The monoisotopic (exact) mass is 431 g/mol. The van der Waals surface area contributed by atoms with Crippen LogP contribution in [-0.4, -0.2) is 67.1 Å². The van der Waals surface area contributed by atoms with Crippen molar-refractivity contribution in [1.82, 2.24) is 20.1 Å². The molecule has 32 heavy (non-hydrogen) atoms. The van der Waals surface area contributed by atoms with E-state index in [4.69, 9.17) is 4.98 Å². The molecule has 2 aromatic rings. The minimum atomic E-state index is 0.518. The van der Waals surface area contributed by atoms with E-state index in [0.29, 0.717) is 12.1 Å². The van der Waals surface area contributed by atoms with Gasteiger partial charge in [0.2, 0.25) is 0 Å². The number of rotatable bonds is 3. The zero-order chi connectivity index (χ0) is 21.5. The molecule has 6 rings (SSSR count). The molecule has 3 atom stereocenters. The van der Waals surface area contributed by atoms with E-state index in [-0.39, 0.29) is 0 Å². The van der Waals surface area contributed by atoms with Crippen LogP contribution >= 0.6 is 0 Å². The number of likely N-dealkylation sites (tertiary alicyclic amines) is 1. The average molecular weight is 432 g/mol. The number of likely N-dealkylation sites (N-methyl/N-ethyl adjacent to an activating group) is 1. The average Bonchev–Trinajstić information content (AvgIpc) is 2.84. The molecular formula is C27H37N5. The predicted molar refractivity (Wildman–Crippen MR) is 130 cm³/mol. The Kier molecular flexibility index (Phi) is 5.66. The zero-order valence-corrected chi connectivity index (χ0v) is 19.5. The fourth-order valence-corrected chi connectivity index (χ4v) is 6.68. The highest BCUT2D eigenvalue weighted by atomic mass is 15.3. The SMILES string of the molecule is CN1CCN(c2cccc3c2C[C@H](CN2CCC[C@H]4CCc5cccnc5[C@H]42)NC3)CC1. The van der Waals surface area contributed by atoms with Crippen molar-refractivity contribution < 1.29 is 0 Å². The standard InChI is InChI=1S/C27H37N5/c1-30-13-15-31(16-14-30)25-8-2-5-22-18-29-23(17-24(22)25)19-32-12-4-7-21-10-9-20-6-3-11-28-26(20)27(21)32/h2-3,5-6,8,11,21,23,27,29H,4,7,9-10,12-19H2,1H3/t21-,23+,27-/m0/s1. The molecule has 1 aromatic heterocycles. The minimum Gasteiger partial charge on any atom is -0.369 e. The number of fused-ring (bicyclic) bond motifs is 4. The highest BCUT2D eigenvalue weighted by molar-refractivity contribution is 5.58. The van der Waals surface area contributed by atoms with Crippen LogP contribution in [0.3, 0.4) is 0 Å². The molecule has 3 aliphatic heterocycles. The van der Waals surface area contributed by atoms with Crippen molar-refractivity contribution in [1.29, 1.82) is 0 Å². The summed E-state index contributed by atoms with van der Waals surface area (Å²) in [6.45, 7) is 7.95. The van der Waals surface area contributed by atoms with Crippen molar-refractivity contribution in [2.75, 3.05) is 51.2 Å². The molecule has 0 saturated carbocycles. The summed E-state index contributed by atoms with van der Waals surface area (Å²) >= 11 is 0. The van der Waals surface area contributed by atoms with E-state index >= 15 is 0 Å². The van der Waals surface area contributed by atoms with Crippen LogP contribution in [0.4, 0.5) is 5.69 Å². The quantitative estimate of drug-likeness (QED) is 0.807. The van der Waals surface area contributed by atoms with E-state index in [1.807, 2.05) is 6.20 Å². The number of nitrogens with one attached hydrogen (secondary N) is 1. The second kappa shape index (κ2) is 8.77. The summed E-state index contributed by atoms with van der Waals surface area (Å²) < 4.78 is 0. The lowest BCUT2D eigenvalue weighted by Crippen LogP contribution is -2.50. The van der Waals surface area contributed by atoms with Crippen LogP contribution in [0.1, 0.15) is 47.7 Å². The molecule has 4 aliphatic rings. The lowest BCUT2D eigenvalue weighted by Gasteiger charge is -2.46. The van der Waals surface area contributed by atoms with Gasteiger partial charge in [0.05, 0.1) is 11.7 Å². The van der Waals surface area contributed by atoms with Gasteiger partial charge in [-0.2, -0.15) is 0 Å². The van der Waals surface area contributed by atoms with Crippen LogP contribution in [0.15, 0.2) is 36.5 Å². The molecule has 2 fully saturated rings. The highest BCUT2D eigenvalue weighted by Gasteiger charge is 2.38. The maximum Gasteiger partial charge on any atom is 0.0610 e. The number of piperidine rings is 1. The normalized spacial score (nSPS) is 28.7. The maximum absolute atomic E-state index is 4.89. The van der Waals surface area contributed by atoms with E-state index in [1.54, 1.807) is 5.56 Å². The number of nitrogens with zero attached hydrogens (tertiary/aromatic N) is 4. The molecule has 5 nitrogen and oxygen atoms in total. The number of hydrogen-bond acceptors (Lipinski definition) is 5. The van der Waals surface area contributed by atoms with Gasteiger partial charge in [-0.25, -0.2) is 0 Å². The van der Waals surface area contributed by atoms with Crippen molar-refractivity contribution in [2.45, 2.75) is 50.7 Å². The Balaban J connectivity index is 1.22. The molecule has 5 heteroatoms. The Labute approximate surface area is 192 Å². The Hall–Kier alpha value is -1.95. The van der Waals surface area contributed by atoms with E-state index in [9.17, 15) is 0 Å². The van der Waals surface area contributed by atoms with E-state index in [1.165, 1.54) is 54.7 Å². The second-order valence-corrected chi connectivity index (χ2v) is 10.4. The molecule has 0 amide bonds. The minimum absolute atomic E-state index is 0.518. The van der Waals surface area contributed by atoms with Gasteiger partial charge in [-0.3, -0.25) is 9.88 Å². The lowest BCUT2D eigenvalue weighted by molar-refractivity contribution is 0.0661. The zero-order valence-electron chi connectivity index (χ0n) is 19.5. The van der Waals surface area contributed by atoms with Gasteiger partial charge in [0, 0.05) is 57.2 Å². The molecule has 1 N–H and O–H groups in total. The maximum atomic E-state index is 4.89. The van der Waals surface area contributed by atoms with Gasteiger partial charge in [-0.05, 0) is 80.4 Å². The Bertz CT molecular complexity index is 951. The van der Waals surface area contributed by atoms with Gasteiger partial charge in [-0.1, -0.05) is 18.2 Å². The summed E-state index contributed by atoms with van der Waals surface area (Å²) in [6, 6.07) is 12.4. The summed E-state index contributed by atoms with van der Waals surface area (Å²) in [4.78, 5) is 12.7. The van der Waals surface area contributed by atoms with Crippen molar-refractivity contribution in [3.63, 3.8) is 0 Å². The molecule has 0 spiro atoms. The molecule has 0 unspecified atom stereocenters. The highest BCUT2D eigenvalue weighted by Crippen LogP contribution is 2.43. The molecule has 1 aliphatic carbocycles. The third-order valence-corrected chi connectivity index (χ3v) is 8.43. The first-order valence-electron chi connectivity index (χ1n) is 12.7. The second-order valence-electron chi connectivity index (χ2n) is 10.4. The Morgan fingerprint density at radius 3 is 2.78 bits per heavy atom. The Morgan fingerprint density at radius 2 is 1.88 bits per heavy atom. The van der Waals surface area contributed by atoms with Gasteiger partial charge in [0.1, 0.15) is 0 Å². The van der Waals surface area contributed by atoms with Crippen LogP contribution in [0.5, 0.6) is 0 Å². The summed E-state index contributed by atoms with van der Waals surface area (Å²) in [5.41, 5.74) is 7.44. The van der Waals surface area contributed by atoms with Crippen molar-refractivity contribution in [3.05, 3.63) is 58.9 Å². The third-order valence-electron chi connectivity index (χ3n) is 8.43. The number of aromatic nitrogens is 1. The first-order valence-corrected chi connectivity index (χ1v) is 12.7. The molecule has 2 saturated heterocycles. The molecule has 4 heterocycles. The van der Waals surface area contributed by atoms with Crippen LogP contribution in [0.2, 0.25) is 0 Å². The van der Waals surface area contributed by atoms with Crippen molar-refractivity contribution in [3.8, 4) is 0 Å². The largest absolute Gasteiger partial charge is 0.369 e. The van der Waals surface area contributed by atoms with Crippen LogP contribution in [-0.2, 0) is 19.4 Å². The summed E-state index contributed by atoms with van der Waals surface area (Å²) in [6.07, 6.45) is 8.38. The summed E-state index contributed by atoms with van der Waals surface area (Å²) in [5.74, 6) is 0.780. The summed E-state index contributed by atoms with van der Waals surface area (Å²) in [5, 5.41) is 3.89. The topological polar surface area (TPSA) is 34.6 Å². The van der Waals surface area contributed by atoms with Gasteiger partial charge >= 0.3 is 0 Å². The van der Waals surface area contributed by atoms with Gasteiger partial charge < -0.3 is 15.1 Å². The fourth-order valence-electron chi connectivity index (χ4n) is 6.68. The fraction of sp³-hybridized carbons (Fsp3) is 0.593. The first-order chi connectivity index (χ1) is 15.8. The summed E-state index contributed by atoms with van der Waals surface area (Å²) in [7, 11) is 2.24. The number of aryl methyl sites for hydroxylation is 1. The van der Waals surface area contributed by atoms with Gasteiger partial charge in [0.25, 0.3) is 0 Å². The molecular weight excluding hydrogens is 394 g/mol. The number of anilines is 1. The molecule has 170 valence electrons. The number of pyridine rings is 1. The predicted octanol–water partition coefficient (Wildman–Crippen LogP) is 3.25. The third kappa shape index (κ3) is 3.85. The smallest absolute Gasteiger partial charge is 0.0610 e. The van der Waals surface area contributed by atoms with E-state index in [2.05, 4.69) is 57.4 Å². The first kappa shape index (κ1) is 20.6. The van der Waals surface area contributed by atoms with Gasteiger partial charge in [-0.15, -0.1) is 0 Å². The lowest BCUT2D eigenvalue weighted by atomic mass is 9.76. The van der Waals surface area contributed by atoms with E-state index in [0.717, 1.165) is 51.6 Å².